The van der Waals surface area contributed by atoms with Gasteiger partial charge in [-0.25, -0.2) is 5.84 Å². The molecule has 6 heteroatoms. The number of hydrogen-bond donors (Lipinski definition) is 2. The Morgan fingerprint density at radius 2 is 2.10 bits per heavy atom. The van der Waals surface area contributed by atoms with Gasteiger partial charge in [0.15, 0.2) is 0 Å². The fourth-order valence-corrected chi connectivity index (χ4v) is 3.47. The molecule has 1 amide bonds. The topological polar surface area (TPSA) is 71.5 Å². The minimum atomic E-state index is -0.295. The third kappa shape index (κ3) is 2.54. The lowest BCUT2D eigenvalue weighted by Gasteiger charge is -2.25. The van der Waals surface area contributed by atoms with Crippen LogP contribution in [0, 0.1) is 0 Å². The summed E-state index contributed by atoms with van der Waals surface area (Å²) in [6.07, 6.45) is 0. The molecule has 20 heavy (non-hydrogen) atoms. The number of nitrogen functional groups attached to an aromatic ring is 1. The van der Waals surface area contributed by atoms with Crippen molar-refractivity contribution in [2.75, 3.05) is 24.6 Å². The number of nitrogens with one attached hydrogen (secondary N) is 1. The fourth-order valence-electron chi connectivity index (χ4n) is 2.49. The van der Waals surface area contributed by atoms with Gasteiger partial charge in [0.2, 0.25) is 0 Å². The number of nitrogens with zero attached hydrogens (tertiary/aromatic N) is 1. The number of fused-ring (bicyclic) bond motifs is 1. The summed E-state index contributed by atoms with van der Waals surface area (Å²) in [5.74, 6) is 7.95. The number of furan rings is 1. The van der Waals surface area contributed by atoms with Crippen LogP contribution in [0.2, 0.25) is 0 Å². The Morgan fingerprint density at radius 1 is 1.35 bits per heavy atom. The highest BCUT2D eigenvalue weighted by molar-refractivity contribution is 7.99. The first-order valence-electron chi connectivity index (χ1n) is 6.61. The average molecular weight is 291 g/mol. The highest BCUT2D eigenvalue weighted by Gasteiger charge is 2.22. The van der Waals surface area contributed by atoms with E-state index < -0.39 is 0 Å². The van der Waals surface area contributed by atoms with Crippen LogP contribution in [0.15, 0.2) is 28.7 Å². The van der Waals surface area contributed by atoms with Gasteiger partial charge in [-0.3, -0.25) is 15.1 Å². The Bertz CT molecular complexity index is 620. The van der Waals surface area contributed by atoms with Gasteiger partial charge in [0.1, 0.15) is 11.3 Å². The van der Waals surface area contributed by atoms with E-state index in [1.54, 1.807) is 0 Å². The molecule has 1 aliphatic rings. The Kier molecular flexibility index (Phi) is 3.95. The van der Waals surface area contributed by atoms with Crippen LogP contribution in [0.5, 0.6) is 0 Å². The van der Waals surface area contributed by atoms with Gasteiger partial charge in [-0.1, -0.05) is 18.2 Å². The maximum absolute atomic E-state index is 12.0. The minimum absolute atomic E-state index is 0.295. The molecule has 3 N–H and O–H groups in total. The van der Waals surface area contributed by atoms with Crippen molar-refractivity contribution in [1.82, 2.24) is 10.3 Å². The smallest absolute Gasteiger partial charge is 0.269 e. The lowest BCUT2D eigenvalue weighted by molar-refractivity contribution is 0.0951. The van der Waals surface area contributed by atoms with E-state index in [1.807, 2.05) is 36.0 Å². The number of amides is 1. The third-order valence-corrected chi connectivity index (χ3v) is 4.44. The maximum Gasteiger partial charge on any atom is 0.269 e. The summed E-state index contributed by atoms with van der Waals surface area (Å²) in [5.41, 5.74) is 3.50. The van der Waals surface area contributed by atoms with Crippen LogP contribution in [0.1, 0.15) is 16.1 Å². The quantitative estimate of drug-likeness (QED) is 0.510. The summed E-state index contributed by atoms with van der Waals surface area (Å²) in [6.45, 7) is 2.69. The van der Waals surface area contributed by atoms with Crippen molar-refractivity contribution < 1.29 is 9.21 Å². The standard InChI is InChI=1S/C14H17N3O2S/c15-16-14(18)13-10-3-1-2-4-11(10)19-12(13)9-17-5-7-20-8-6-17/h1-4H,5-9,15H2,(H,16,18). The van der Waals surface area contributed by atoms with Crippen molar-refractivity contribution in [3.05, 3.63) is 35.6 Å². The zero-order valence-corrected chi connectivity index (χ0v) is 11.9. The largest absolute Gasteiger partial charge is 0.459 e. The Morgan fingerprint density at radius 3 is 2.85 bits per heavy atom. The van der Waals surface area contributed by atoms with Gasteiger partial charge in [0.25, 0.3) is 5.91 Å². The minimum Gasteiger partial charge on any atom is -0.459 e. The van der Waals surface area contributed by atoms with Crippen LogP contribution < -0.4 is 11.3 Å². The van der Waals surface area contributed by atoms with Crippen LogP contribution >= 0.6 is 11.8 Å². The normalized spacial score (nSPS) is 16.4. The molecule has 2 heterocycles. The second-order valence-corrected chi connectivity index (χ2v) is 5.98. The molecular formula is C14H17N3O2S. The summed E-state index contributed by atoms with van der Waals surface area (Å²) in [5, 5.41) is 0.817. The van der Waals surface area contributed by atoms with E-state index in [0.717, 1.165) is 35.6 Å². The van der Waals surface area contributed by atoms with Gasteiger partial charge < -0.3 is 4.42 Å². The van der Waals surface area contributed by atoms with E-state index in [-0.39, 0.29) is 5.91 Å². The van der Waals surface area contributed by atoms with Gasteiger partial charge in [-0.15, -0.1) is 0 Å². The van der Waals surface area contributed by atoms with E-state index in [1.165, 1.54) is 0 Å². The van der Waals surface area contributed by atoms with Gasteiger partial charge in [0, 0.05) is 30.0 Å². The lowest BCUT2D eigenvalue weighted by atomic mass is 10.1. The molecule has 5 nitrogen and oxygen atoms in total. The Hall–Kier alpha value is -1.50. The molecule has 0 unspecified atom stereocenters. The summed E-state index contributed by atoms with van der Waals surface area (Å²) in [7, 11) is 0. The number of rotatable bonds is 3. The Balaban J connectivity index is 1.97. The first-order valence-corrected chi connectivity index (χ1v) is 7.76. The zero-order valence-electron chi connectivity index (χ0n) is 11.1. The highest BCUT2D eigenvalue weighted by atomic mass is 32.2. The SMILES string of the molecule is NNC(=O)c1c(CN2CCSCC2)oc2ccccc12. The molecular weight excluding hydrogens is 274 g/mol. The van der Waals surface area contributed by atoms with E-state index >= 15 is 0 Å². The van der Waals surface area contributed by atoms with Crippen molar-refractivity contribution in [3.8, 4) is 0 Å². The van der Waals surface area contributed by atoms with Crippen LogP contribution in [-0.4, -0.2) is 35.4 Å². The van der Waals surface area contributed by atoms with Gasteiger partial charge in [-0.05, 0) is 6.07 Å². The number of carbonyl (C=O) groups excluding carboxylic acids is 1. The number of hydrogen-bond acceptors (Lipinski definition) is 5. The fraction of sp³-hybridized carbons (Fsp3) is 0.357. The lowest BCUT2D eigenvalue weighted by Crippen LogP contribution is -2.34. The maximum atomic E-state index is 12.0. The van der Waals surface area contributed by atoms with Crippen molar-refractivity contribution >= 4 is 28.6 Å². The number of carbonyl (C=O) groups is 1. The van der Waals surface area contributed by atoms with Gasteiger partial charge in [0.05, 0.1) is 12.1 Å². The molecule has 0 saturated carbocycles. The first-order chi connectivity index (χ1) is 9.79. The molecule has 1 aromatic carbocycles. The molecule has 3 rings (SSSR count). The molecule has 0 bridgehead atoms. The predicted octanol–water partition coefficient (Wildman–Crippen LogP) is 1.59. The van der Waals surface area contributed by atoms with Crippen LogP contribution in [0.3, 0.4) is 0 Å². The number of thioether (sulfide) groups is 1. The van der Waals surface area contributed by atoms with Crippen LogP contribution in [-0.2, 0) is 6.54 Å². The number of para-hydroxylation sites is 1. The van der Waals surface area contributed by atoms with Crippen molar-refractivity contribution in [2.45, 2.75) is 6.54 Å². The zero-order chi connectivity index (χ0) is 13.9. The highest BCUT2D eigenvalue weighted by Crippen LogP contribution is 2.27. The van der Waals surface area contributed by atoms with E-state index in [0.29, 0.717) is 17.9 Å². The van der Waals surface area contributed by atoms with Crippen molar-refractivity contribution in [1.29, 1.82) is 0 Å². The molecule has 1 saturated heterocycles. The third-order valence-electron chi connectivity index (χ3n) is 3.50. The summed E-state index contributed by atoms with van der Waals surface area (Å²) in [6, 6.07) is 7.56. The summed E-state index contributed by atoms with van der Waals surface area (Å²) < 4.78 is 5.86. The predicted molar refractivity (Wildman–Crippen MR) is 80.5 cm³/mol. The van der Waals surface area contributed by atoms with Gasteiger partial charge >= 0.3 is 0 Å². The average Bonchev–Trinajstić information content (AvgIpc) is 2.85. The molecule has 1 aliphatic heterocycles. The van der Waals surface area contributed by atoms with E-state index in [9.17, 15) is 4.79 Å². The van der Waals surface area contributed by atoms with E-state index in [2.05, 4.69) is 10.3 Å². The van der Waals surface area contributed by atoms with Crippen LogP contribution in [0.4, 0.5) is 0 Å². The number of benzene rings is 1. The van der Waals surface area contributed by atoms with Crippen LogP contribution in [0.25, 0.3) is 11.0 Å². The Labute approximate surface area is 121 Å². The second-order valence-electron chi connectivity index (χ2n) is 4.76. The second kappa shape index (κ2) is 5.87. The van der Waals surface area contributed by atoms with Crippen molar-refractivity contribution in [2.24, 2.45) is 5.84 Å². The molecule has 1 fully saturated rings. The number of hydrazine groups is 1. The molecule has 0 spiro atoms. The molecule has 0 aliphatic carbocycles. The molecule has 0 atom stereocenters. The monoisotopic (exact) mass is 291 g/mol. The van der Waals surface area contributed by atoms with Crippen molar-refractivity contribution in [3.63, 3.8) is 0 Å². The summed E-state index contributed by atoms with van der Waals surface area (Å²) >= 11 is 1.96. The van der Waals surface area contributed by atoms with E-state index in [4.69, 9.17) is 10.3 Å². The molecule has 1 aromatic heterocycles. The van der Waals surface area contributed by atoms with Gasteiger partial charge in [-0.2, -0.15) is 11.8 Å². The summed E-state index contributed by atoms with van der Waals surface area (Å²) in [4.78, 5) is 14.3. The molecule has 0 radical (unpaired) electrons. The number of nitrogens with two attached hydrogens (primary N) is 1. The first kappa shape index (κ1) is 13.5. The molecule has 106 valence electrons. The molecule has 2 aromatic rings.